The zero-order valence-electron chi connectivity index (χ0n) is 10.9. The predicted octanol–water partition coefficient (Wildman–Crippen LogP) is 1.46. The Balaban J connectivity index is 2.00. The van der Waals surface area contributed by atoms with Crippen molar-refractivity contribution in [1.29, 1.82) is 0 Å². The number of aryl methyl sites for hydroxylation is 1. The third-order valence-electron chi connectivity index (χ3n) is 2.49. The van der Waals surface area contributed by atoms with E-state index in [0.717, 1.165) is 0 Å². The van der Waals surface area contributed by atoms with Crippen LogP contribution < -0.4 is 10.6 Å². The lowest BCUT2D eigenvalue weighted by Crippen LogP contribution is -2.34. The molecule has 0 saturated heterocycles. The largest absolute Gasteiger partial charge is 0.332 e. The van der Waals surface area contributed by atoms with Gasteiger partial charge in [-0.05, 0) is 24.4 Å². The highest BCUT2D eigenvalue weighted by molar-refractivity contribution is 7.80. The molecule has 8 nitrogen and oxygen atoms in total. The van der Waals surface area contributed by atoms with E-state index in [1.54, 1.807) is 25.4 Å². The van der Waals surface area contributed by atoms with E-state index in [0.29, 0.717) is 5.69 Å². The average Bonchev–Trinajstić information content (AvgIpc) is 2.85. The van der Waals surface area contributed by atoms with Crippen LogP contribution in [-0.2, 0) is 7.05 Å². The molecule has 1 aromatic heterocycles. The number of aromatic nitrogens is 2. The van der Waals surface area contributed by atoms with Crippen molar-refractivity contribution in [2.45, 2.75) is 0 Å². The number of carbonyl (C=O) groups is 1. The molecular formula is C12H11N5O3S. The summed E-state index contributed by atoms with van der Waals surface area (Å²) in [6.45, 7) is 0. The molecular weight excluding hydrogens is 294 g/mol. The molecule has 0 aliphatic rings. The number of thiocarbonyl (C=S) groups is 1. The maximum absolute atomic E-state index is 11.8. The van der Waals surface area contributed by atoms with E-state index in [1.165, 1.54) is 22.9 Å². The first-order valence-corrected chi connectivity index (χ1v) is 6.23. The summed E-state index contributed by atoms with van der Waals surface area (Å²) in [4.78, 5) is 22.0. The van der Waals surface area contributed by atoms with Crippen molar-refractivity contribution in [1.82, 2.24) is 15.1 Å². The number of amides is 1. The van der Waals surface area contributed by atoms with Crippen LogP contribution in [-0.4, -0.2) is 25.7 Å². The second kappa shape index (κ2) is 6.09. The number of nitro benzene ring substituents is 1. The molecule has 0 saturated carbocycles. The highest BCUT2D eigenvalue weighted by atomic mass is 32.1. The molecule has 0 atom stereocenters. The van der Waals surface area contributed by atoms with E-state index in [-0.39, 0.29) is 16.5 Å². The smallest absolute Gasteiger partial charge is 0.277 e. The topological polar surface area (TPSA) is 102 Å². The van der Waals surface area contributed by atoms with Gasteiger partial charge < -0.3 is 5.32 Å². The number of rotatable bonds is 3. The lowest BCUT2D eigenvalue weighted by atomic mass is 10.3. The number of carbonyl (C=O) groups excluding carboxylic acids is 1. The van der Waals surface area contributed by atoms with Gasteiger partial charge in [0.05, 0.1) is 4.92 Å². The Morgan fingerprint density at radius 2 is 2.19 bits per heavy atom. The Bertz CT molecular complexity index is 712. The van der Waals surface area contributed by atoms with Gasteiger partial charge in [-0.3, -0.25) is 24.9 Å². The first-order valence-electron chi connectivity index (χ1n) is 5.82. The fraction of sp³-hybridized carbons (Fsp3) is 0.0833. The third kappa shape index (κ3) is 3.83. The van der Waals surface area contributed by atoms with Crippen molar-refractivity contribution < 1.29 is 9.72 Å². The van der Waals surface area contributed by atoms with Crippen molar-refractivity contribution in [2.24, 2.45) is 7.05 Å². The molecule has 0 aliphatic heterocycles. The van der Waals surface area contributed by atoms with Crippen LogP contribution in [0.2, 0.25) is 0 Å². The lowest BCUT2D eigenvalue weighted by molar-refractivity contribution is -0.384. The fourth-order valence-electron chi connectivity index (χ4n) is 1.56. The molecule has 2 aromatic rings. The molecule has 0 bridgehead atoms. The summed E-state index contributed by atoms with van der Waals surface area (Å²) < 4.78 is 1.49. The third-order valence-corrected chi connectivity index (χ3v) is 2.69. The van der Waals surface area contributed by atoms with Crippen LogP contribution in [0, 0.1) is 10.1 Å². The number of anilines is 1. The summed E-state index contributed by atoms with van der Waals surface area (Å²) in [5.74, 6) is -0.460. The van der Waals surface area contributed by atoms with Crippen molar-refractivity contribution >= 4 is 34.6 Å². The minimum Gasteiger partial charge on any atom is -0.332 e. The quantitative estimate of drug-likeness (QED) is 0.505. The van der Waals surface area contributed by atoms with Crippen molar-refractivity contribution in [3.05, 3.63) is 52.3 Å². The van der Waals surface area contributed by atoms with Crippen LogP contribution in [0.3, 0.4) is 0 Å². The van der Waals surface area contributed by atoms with Crippen LogP contribution in [0.4, 0.5) is 11.4 Å². The standard InChI is InChI=1S/C12H11N5O3S/c1-16-6-5-10(15-16)11(18)14-12(21)13-8-3-2-4-9(7-8)17(19)20/h2-7H,1H3,(H2,13,14,18,21). The number of non-ortho nitro benzene ring substituents is 1. The van der Waals surface area contributed by atoms with Crippen molar-refractivity contribution in [3.63, 3.8) is 0 Å². The molecule has 9 heteroatoms. The van der Waals surface area contributed by atoms with E-state index < -0.39 is 10.8 Å². The van der Waals surface area contributed by atoms with Gasteiger partial charge in [-0.15, -0.1) is 0 Å². The van der Waals surface area contributed by atoms with Gasteiger partial charge in [-0.25, -0.2) is 0 Å². The molecule has 108 valence electrons. The van der Waals surface area contributed by atoms with Gasteiger partial charge in [0.25, 0.3) is 11.6 Å². The van der Waals surface area contributed by atoms with Gasteiger partial charge in [0.15, 0.2) is 10.8 Å². The Morgan fingerprint density at radius 3 is 2.81 bits per heavy atom. The second-order valence-corrected chi connectivity index (χ2v) is 4.50. The number of nitro groups is 1. The Kier molecular flexibility index (Phi) is 4.24. The molecule has 0 aliphatic carbocycles. The minimum atomic E-state index is -0.513. The average molecular weight is 305 g/mol. The molecule has 2 N–H and O–H groups in total. The maximum atomic E-state index is 11.8. The lowest BCUT2D eigenvalue weighted by Gasteiger charge is -2.08. The molecule has 1 amide bonds. The highest BCUT2D eigenvalue weighted by Gasteiger charge is 2.11. The van der Waals surface area contributed by atoms with Crippen LogP contribution >= 0.6 is 12.2 Å². The Labute approximate surface area is 124 Å². The first kappa shape index (κ1) is 14.6. The van der Waals surface area contributed by atoms with E-state index in [1.807, 2.05) is 0 Å². The van der Waals surface area contributed by atoms with Crippen molar-refractivity contribution in [2.75, 3.05) is 5.32 Å². The summed E-state index contributed by atoms with van der Waals surface area (Å²) in [6.07, 6.45) is 1.63. The minimum absolute atomic E-state index is 0.0335. The SMILES string of the molecule is Cn1ccc(C(=O)NC(=S)Nc2cccc([N+](=O)[O-])c2)n1. The molecule has 0 fully saturated rings. The number of hydrogen-bond acceptors (Lipinski definition) is 5. The monoisotopic (exact) mass is 305 g/mol. The molecule has 0 spiro atoms. The predicted molar refractivity (Wildman–Crippen MR) is 80.0 cm³/mol. The van der Waals surface area contributed by atoms with Crippen LogP contribution in [0.5, 0.6) is 0 Å². The molecule has 0 radical (unpaired) electrons. The van der Waals surface area contributed by atoms with Crippen LogP contribution in [0.15, 0.2) is 36.5 Å². The van der Waals surface area contributed by atoms with Gasteiger partial charge >= 0.3 is 0 Å². The summed E-state index contributed by atoms with van der Waals surface area (Å²) in [5, 5.41) is 19.8. The summed E-state index contributed by atoms with van der Waals surface area (Å²) in [5.41, 5.74) is 0.565. The number of hydrogen-bond donors (Lipinski definition) is 2. The number of nitrogens with zero attached hydrogens (tertiary/aromatic N) is 3. The molecule has 1 heterocycles. The first-order chi connectivity index (χ1) is 9.95. The molecule has 1 aromatic carbocycles. The van der Waals surface area contributed by atoms with E-state index in [9.17, 15) is 14.9 Å². The van der Waals surface area contributed by atoms with Gasteiger partial charge in [-0.2, -0.15) is 5.10 Å². The van der Waals surface area contributed by atoms with Gasteiger partial charge in [0.2, 0.25) is 0 Å². The zero-order chi connectivity index (χ0) is 15.4. The summed E-state index contributed by atoms with van der Waals surface area (Å²) in [7, 11) is 1.69. The highest BCUT2D eigenvalue weighted by Crippen LogP contribution is 2.16. The molecule has 2 rings (SSSR count). The van der Waals surface area contributed by atoms with E-state index in [2.05, 4.69) is 15.7 Å². The van der Waals surface area contributed by atoms with Crippen LogP contribution in [0.1, 0.15) is 10.5 Å². The number of nitrogens with one attached hydrogen (secondary N) is 2. The fourth-order valence-corrected chi connectivity index (χ4v) is 1.77. The second-order valence-electron chi connectivity index (χ2n) is 4.09. The number of benzene rings is 1. The van der Waals surface area contributed by atoms with E-state index >= 15 is 0 Å². The Morgan fingerprint density at radius 1 is 1.43 bits per heavy atom. The maximum Gasteiger partial charge on any atom is 0.277 e. The van der Waals surface area contributed by atoms with Gasteiger partial charge in [0.1, 0.15) is 0 Å². The van der Waals surface area contributed by atoms with E-state index in [4.69, 9.17) is 12.2 Å². The summed E-state index contributed by atoms with van der Waals surface area (Å²) in [6, 6.07) is 7.35. The zero-order valence-corrected chi connectivity index (χ0v) is 11.8. The van der Waals surface area contributed by atoms with Crippen molar-refractivity contribution in [3.8, 4) is 0 Å². The molecule has 0 unspecified atom stereocenters. The van der Waals surface area contributed by atoms with Gasteiger partial charge in [0, 0.05) is 31.1 Å². The normalized spacial score (nSPS) is 9.95. The Hall–Kier alpha value is -2.81. The van der Waals surface area contributed by atoms with Gasteiger partial charge in [-0.1, -0.05) is 6.07 Å². The summed E-state index contributed by atoms with van der Waals surface area (Å²) >= 11 is 4.98. The molecule has 21 heavy (non-hydrogen) atoms. The van der Waals surface area contributed by atoms with Crippen LogP contribution in [0.25, 0.3) is 0 Å².